The molecule has 0 saturated heterocycles. The molecular formula is C12H23N5S. The van der Waals surface area contributed by atoms with Crippen molar-refractivity contribution in [2.45, 2.75) is 46.3 Å². The number of anilines is 1. The second-order valence-electron chi connectivity index (χ2n) is 4.32. The van der Waals surface area contributed by atoms with E-state index >= 15 is 0 Å². The maximum absolute atomic E-state index is 6.12. The Morgan fingerprint density at radius 1 is 1.50 bits per heavy atom. The molecule has 0 aliphatic heterocycles. The van der Waals surface area contributed by atoms with Crippen molar-refractivity contribution in [1.29, 1.82) is 0 Å². The van der Waals surface area contributed by atoms with Gasteiger partial charge in [-0.1, -0.05) is 13.8 Å². The molecule has 0 aromatic carbocycles. The molecule has 4 N–H and O–H groups in total. The standard InChI is InChI=1S/C12H23N5S/c1-5-9(13)16-12(18-6-2)10-11(14)17(7-15-10)8(3)4/h7-9H,5-6,13-14H2,1-4H3/b16-12+. The fourth-order valence-corrected chi connectivity index (χ4v) is 2.27. The highest BCUT2D eigenvalue weighted by Crippen LogP contribution is 2.22. The average molecular weight is 269 g/mol. The Morgan fingerprint density at radius 3 is 2.61 bits per heavy atom. The number of nitrogens with two attached hydrogens (primary N) is 2. The van der Waals surface area contributed by atoms with E-state index in [1.54, 1.807) is 18.1 Å². The third-order valence-electron chi connectivity index (χ3n) is 2.57. The monoisotopic (exact) mass is 269 g/mol. The van der Waals surface area contributed by atoms with Crippen LogP contribution in [0.15, 0.2) is 11.3 Å². The van der Waals surface area contributed by atoms with E-state index in [0.717, 1.165) is 22.9 Å². The van der Waals surface area contributed by atoms with Crippen LogP contribution >= 0.6 is 11.8 Å². The highest BCUT2D eigenvalue weighted by Gasteiger charge is 2.16. The molecule has 0 saturated carbocycles. The van der Waals surface area contributed by atoms with Gasteiger partial charge in [-0.25, -0.2) is 4.98 Å². The molecule has 1 rings (SSSR count). The first-order chi connectivity index (χ1) is 8.51. The normalized spacial score (nSPS) is 14.2. The maximum atomic E-state index is 6.12. The zero-order valence-electron chi connectivity index (χ0n) is 11.6. The first-order valence-electron chi connectivity index (χ1n) is 6.30. The Balaban J connectivity index is 3.10. The van der Waals surface area contributed by atoms with E-state index in [2.05, 4.69) is 30.7 Å². The van der Waals surface area contributed by atoms with E-state index in [4.69, 9.17) is 11.5 Å². The van der Waals surface area contributed by atoms with E-state index in [1.807, 2.05) is 11.5 Å². The molecule has 0 bridgehead atoms. The number of nitrogen functional groups attached to an aromatic ring is 1. The van der Waals surface area contributed by atoms with Crippen molar-refractivity contribution in [3.8, 4) is 0 Å². The topological polar surface area (TPSA) is 82.2 Å². The highest BCUT2D eigenvalue weighted by atomic mass is 32.2. The molecule has 0 aliphatic carbocycles. The van der Waals surface area contributed by atoms with Crippen LogP contribution in [0.25, 0.3) is 0 Å². The lowest BCUT2D eigenvalue weighted by Gasteiger charge is -2.11. The van der Waals surface area contributed by atoms with Crippen molar-refractivity contribution in [2.75, 3.05) is 11.5 Å². The van der Waals surface area contributed by atoms with Crippen LogP contribution in [0.4, 0.5) is 5.82 Å². The third kappa shape index (κ3) is 3.49. The Labute approximate surface area is 113 Å². The van der Waals surface area contributed by atoms with Crippen molar-refractivity contribution in [2.24, 2.45) is 10.7 Å². The molecule has 0 radical (unpaired) electrons. The minimum atomic E-state index is -0.192. The van der Waals surface area contributed by atoms with Crippen molar-refractivity contribution in [3.05, 3.63) is 12.0 Å². The van der Waals surface area contributed by atoms with Crippen LogP contribution in [0.5, 0.6) is 0 Å². The van der Waals surface area contributed by atoms with Crippen molar-refractivity contribution in [3.63, 3.8) is 0 Å². The molecule has 5 nitrogen and oxygen atoms in total. The number of imidazole rings is 1. The van der Waals surface area contributed by atoms with E-state index in [0.29, 0.717) is 11.9 Å². The molecule has 102 valence electrons. The third-order valence-corrected chi connectivity index (χ3v) is 3.43. The first kappa shape index (κ1) is 15.0. The van der Waals surface area contributed by atoms with Gasteiger partial charge in [-0.05, 0) is 26.0 Å². The number of nitrogens with zero attached hydrogens (tertiary/aromatic N) is 3. The summed E-state index contributed by atoms with van der Waals surface area (Å²) in [5.41, 5.74) is 12.7. The van der Waals surface area contributed by atoms with Gasteiger partial charge in [0.15, 0.2) is 0 Å². The molecule has 1 unspecified atom stereocenters. The molecule has 0 fully saturated rings. The lowest BCUT2D eigenvalue weighted by Crippen LogP contribution is -2.18. The Kier molecular flexibility index (Phi) is 5.68. The molecule has 6 heteroatoms. The van der Waals surface area contributed by atoms with Crippen LogP contribution in [0.2, 0.25) is 0 Å². The highest BCUT2D eigenvalue weighted by molar-refractivity contribution is 8.14. The molecule has 1 aromatic heterocycles. The summed E-state index contributed by atoms with van der Waals surface area (Å²) in [4.78, 5) is 8.86. The van der Waals surface area contributed by atoms with Gasteiger partial charge in [0.1, 0.15) is 16.6 Å². The van der Waals surface area contributed by atoms with E-state index in [9.17, 15) is 0 Å². The van der Waals surface area contributed by atoms with Gasteiger partial charge >= 0.3 is 0 Å². The molecule has 0 amide bonds. The molecule has 1 heterocycles. The van der Waals surface area contributed by atoms with Gasteiger partial charge in [0.25, 0.3) is 0 Å². The fourth-order valence-electron chi connectivity index (χ4n) is 1.49. The number of aromatic nitrogens is 2. The van der Waals surface area contributed by atoms with Gasteiger partial charge in [-0.2, -0.15) is 0 Å². The summed E-state index contributed by atoms with van der Waals surface area (Å²) in [6.45, 7) is 8.23. The quantitative estimate of drug-likeness (QED) is 0.634. The molecule has 0 spiro atoms. The fraction of sp³-hybridized carbons (Fsp3) is 0.667. The predicted octanol–water partition coefficient (Wildman–Crippen LogP) is 2.24. The second-order valence-corrected chi connectivity index (χ2v) is 5.58. The Bertz CT molecular complexity index is 411. The maximum Gasteiger partial charge on any atom is 0.137 e. The molecule has 1 atom stereocenters. The lowest BCUT2D eigenvalue weighted by molar-refractivity contribution is 0.607. The summed E-state index contributed by atoms with van der Waals surface area (Å²) in [7, 11) is 0. The van der Waals surface area contributed by atoms with Gasteiger partial charge in [0.05, 0.1) is 12.5 Å². The van der Waals surface area contributed by atoms with Crippen LogP contribution in [0.1, 0.15) is 45.9 Å². The summed E-state index contributed by atoms with van der Waals surface area (Å²) < 4.78 is 1.94. The van der Waals surface area contributed by atoms with Crippen LogP contribution < -0.4 is 11.5 Å². The minimum absolute atomic E-state index is 0.192. The SMILES string of the molecule is CCS/C(=N/C(N)CC)c1ncn(C(C)C)c1N. The van der Waals surface area contributed by atoms with Crippen molar-refractivity contribution in [1.82, 2.24) is 9.55 Å². The molecule has 18 heavy (non-hydrogen) atoms. The minimum Gasteiger partial charge on any atom is -0.383 e. The zero-order valence-corrected chi connectivity index (χ0v) is 12.4. The van der Waals surface area contributed by atoms with Crippen molar-refractivity contribution < 1.29 is 0 Å². The predicted molar refractivity (Wildman–Crippen MR) is 80.0 cm³/mol. The number of thioether (sulfide) groups is 1. The van der Waals surface area contributed by atoms with E-state index < -0.39 is 0 Å². The van der Waals surface area contributed by atoms with Gasteiger partial charge in [-0.3, -0.25) is 4.99 Å². The summed E-state index contributed by atoms with van der Waals surface area (Å²) >= 11 is 1.63. The molecule has 1 aromatic rings. The van der Waals surface area contributed by atoms with Crippen LogP contribution in [0, 0.1) is 0 Å². The number of hydrogen-bond donors (Lipinski definition) is 2. The number of hydrogen-bond acceptors (Lipinski definition) is 5. The van der Waals surface area contributed by atoms with Gasteiger partial charge in [0.2, 0.25) is 0 Å². The summed E-state index contributed by atoms with van der Waals surface area (Å²) in [5, 5.41) is 0.837. The van der Waals surface area contributed by atoms with Crippen LogP contribution in [0.3, 0.4) is 0 Å². The average Bonchev–Trinajstić information content (AvgIpc) is 2.70. The summed E-state index contributed by atoms with van der Waals surface area (Å²) in [5.74, 6) is 1.58. The molecule has 0 aliphatic rings. The smallest absolute Gasteiger partial charge is 0.137 e. The van der Waals surface area contributed by atoms with E-state index in [-0.39, 0.29) is 6.17 Å². The van der Waals surface area contributed by atoms with Crippen molar-refractivity contribution >= 4 is 22.6 Å². The number of rotatable bonds is 5. The molecular weight excluding hydrogens is 246 g/mol. The zero-order chi connectivity index (χ0) is 13.7. The van der Waals surface area contributed by atoms with Gasteiger partial charge in [-0.15, -0.1) is 11.8 Å². The first-order valence-corrected chi connectivity index (χ1v) is 7.28. The van der Waals surface area contributed by atoms with Crippen LogP contribution in [-0.4, -0.2) is 26.5 Å². The van der Waals surface area contributed by atoms with Gasteiger partial charge in [0, 0.05) is 6.04 Å². The second kappa shape index (κ2) is 6.80. The lowest BCUT2D eigenvalue weighted by atomic mass is 10.3. The van der Waals surface area contributed by atoms with Gasteiger partial charge < -0.3 is 16.0 Å². The largest absolute Gasteiger partial charge is 0.383 e. The Morgan fingerprint density at radius 2 is 2.17 bits per heavy atom. The summed E-state index contributed by atoms with van der Waals surface area (Å²) in [6.07, 6.45) is 2.37. The van der Waals surface area contributed by atoms with E-state index in [1.165, 1.54) is 0 Å². The van der Waals surface area contributed by atoms with Crippen LogP contribution in [-0.2, 0) is 0 Å². The number of aliphatic imine (C=N–C) groups is 1. The summed E-state index contributed by atoms with van der Waals surface area (Å²) in [6, 6.07) is 0.291. The Hall–Kier alpha value is -1.01.